The first kappa shape index (κ1) is 17.3. The van der Waals surface area contributed by atoms with E-state index in [1.54, 1.807) is 24.3 Å². The molecule has 0 fully saturated rings. The minimum Gasteiger partial charge on any atom is -0.467 e. The van der Waals surface area contributed by atoms with Crippen LogP contribution in [-0.4, -0.2) is 29.9 Å². The highest BCUT2D eigenvalue weighted by Gasteiger charge is 2.38. The van der Waals surface area contributed by atoms with Gasteiger partial charge in [-0.2, -0.15) is 4.98 Å². The Bertz CT molecular complexity index is 906. The van der Waals surface area contributed by atoms with Gasteiger partial charge in [-0.25, -0.2) is 4.79 Å². The SMILES string of the molecule is COCCc1noc(C2Cc3ccccc3N2C(=O)NCc2ccco2)n1. The summed E-state index contributed by atoms with van der Waals surface area (Å²) in [5.74, 6) is 1.68. The van der Waals surface area contributed by atoms with Crippen LogP contribution in [0.5, 0.6) is 0 Å². The highest BCUT2D eigenvalue weighted by Crippen LogP contribution is 2.39. The number of hydrogen-bond acceptors (Lipinski definition) is 6. The molecule has 27 heavy (non-hydrogen) atoms. The molecular formula is C19H20N4O4. The number of aromatic nitrogens is 2. The van der Waals surface area contributed by atoms with Crippen LogP contribution in [-0.2, 0) is 24.1 Å². The molecule has 0 bridgehead atoms. The molecule has 1 aliphatic rings. The van der Waals surface area contributed by atoms with Crippen molar-refractivity contribution < 1.29 is 18.5 Å². The minimum atomic E-state index is -0.345. The van der Waals surface area contributed by atoms with Gasteiger partial charge in [-0.15, -0.1) is 0 Å². The van der Waals surface area contributed by atoms with E-state index in [-0.39, 0.29) is 12.1 Å². The second kappa shape index (κ2) is 7.63. The van der Waals surface area contributed by atoms with E-state index in [2.05, 4.69) is 15.5 Å². The molecule has 1 atom stereocenters. The lowest BCUT2D eigenvalue weighted by molar-refractivity contribution is 0.199. The quantitative estimate of drug-likeness (QED) is 0.719. The van der Waals surface area contributed by atoms with Crippen molar-refractivity contribution in [3.63, 3.8) is 0 Å². The van der Waals surface area contributed by atoms with Gasteiger partial charge in [0.2, 0.25) is 5.89 Å². The van der Waals surface area contributed by atoms with Crippen molar-refractivity contribution in [2.45, 2.75) is 25.4 Å². The van der Waals surface area contributed by atoms with Crippen molar-refractivity contribution in [2.24, 2.45) is 0 Å². The molecule has 0 spiro atoms. The number of amides is 2. The summed E-state index contributed by atoms with van der Waals surface area (Å²) in [5.41, 5.74) is 1.91. The standard InChI is InChI=1S/C19H20N4O4/c1-25-10-8-17-21-18(27-22-17)16-11-13-5-2-3-7-15(13)23(16)19(24)20-12-14-6-4-9-26-14/h2-7,9,16H,8,10-12H2,1H3,(H,20,24). The average molecular weight is 368 g/mol. The van der Waals surface area contributed by atoms with Crippen LogP contribution in [0.4, 0.5) is 10.5 Å². The van der Waals surface area contributed by atoms with Crippen LogP contribution in [0.15, 0.2) is 51.6 Å². The number of urea groups is 1. The normalized spacial score (nSPS) is 15.7. The summed E-state index contributed by atoms with van der Waals surface area (Å²) in [7, 11) is 1.62. The van der Waals surface area contributed by atoms with Gasteiger partial charge in [0, 0.05) is 25.6 Å². The van der Waals surface area contributed by atoms with Crippen LogP contribution in [0.2, 0.25) is 0 Å². The lowest BCUT2D eigenvalue weighted by Crippen LogP contribution is -2.40. The largest absolute Gasteiger partial charge is 0.467 e. The van der Waals surface area contributed by atoms with Gasteiger partial charge < -0.3 is 19.0 Å². The molecule has 0 saturated heterocycles. The van der Waals surface area contributed by atoms with Crippen LogP contribution >= 0.6 is 0 Å². The lowest BCUT2D eigenvalue weighted by Gasteiger charge is -2.23. The average Bonchev–Trinajstić information content (AvgIpc) is 3.43. The molecule has 3 heterocycles. The van der Waals surface area contributed by atoms with Crippen LogP contribution < -0.4 is 10.2 Å². The van der Waals surface area contributed by atoms with Gasteiger partial charge in [0.25, 0.3) is 0 Å². The van der Waals surface area contributed by atoms with Crippen LogP contribution in [0, 0.1) is 0 Å². The summed E-state index contributed by atoms with van der Waals surface area (Å²) in [6.45, 7) is 0.817. The maximum absolute atomic E-state index is 12.9. The highest BCUT2D eigenvalue weighted by atomic mass is 16.5. The molecule has 1 aromatic carbocycles. The van der Waals surface area contributed by atoms with E-state index < -0.39 is 0 Å². The van der Waals surface area contributed by atoms with Gasteiger partial charge in [-0.1, -0.05) is 23.4 Å². The molecule has 1 aliphatic heterocycles. The monoisotopic (exact) mass is 368 g/mol. The molecule has 1 N–H and O–H groups in total. The first-order valence-electron chi connectivity index (χ1n) is 8.75. The third-order valence-corrected chi connectivity index (χ3v) is 4.49. The zero-order valence-electron chi connectivity index (χ0n) is 14.9. The van der Waals surface area contributed by atoms with Crippen molar-refractivity contribution in [1.29, 1.82) is 0 Å². The zero-order valence-corrected chi connectivity index (χ0v) is 14.9. The fraction of sp³-hybridized carbons (Fsp3) is 0.316. The number of carbonyl (C=O) groups excluding carboxylic acids is 1. The van der Waals surface area contributed by atoms with Crippen LogP contribution in [0.25, 0.3) is 0 Å². The highest BCUT2D eigenvalue weighted by molar-refractivity contribution is 5.95. The molecule has 2 aromatic heterocycles. The van der Waals surface area contributed by atoms with Gasteiger partial charge in [0.1, 0.15) is 11.8 Å². The van der Waals surface area contributed by atoms with Crippen molar-refractivity contribution in [1.82, 2.24) is 15.5 Å². The number of ether oxygens (including phenoxy) is 1. The first-order chi connectivity index (χ1) is 13.3. The molecule has 4 rings (SSSR count). The number of benzene rings is 1. The number of rotatable bonds is 6. The maximum Gasteiger partial charge on any atom is 0.323 e. The van der Waals surface area contributed by atoms with E-state index in [0.717, 1.165) is 11.3 Å². The van der Waals surface area contributed by atoms with Gasteiger partial charge >= 0.3 is 6.03 Å². The minimum absolute atomic E-state index is 0.238. The Kier molecular flexibility index (Phi) is 4.88. The predicted molar refractivity (Wildman–Crippen MR) is 96.2 cm³/mol. The third-order valence-electron chi connectivity index (χ3n) is 4.49. The van der Waals surface area contributed by atoms with Crippen LogP contribution in [0.3, 0.4) is 0 Å². The van der Waals surface area contributed by atoms with E-state index in [1.165, 1.54) is 0 Å². The van der Waals surface area contributed by atoms with Gasteiger partial charge in [0.15, 0.2) is 5.82 Å². The van der Waals surface area contributed by atoms with E-state index in [4.69, 9.17) is 13.7 Å². The summed E-state index contributed by atoms with van der Waals surface area (Å²) < 4.78 is 15.8. The number of furan rings is 1. The predicted octanol–water partition coefficient (Wildman–Crippen LogP) is 2.87. The Morgan fingerprint density at radius 2 is 2.22 bits per heavy atom. The molecule has 3 aromatic rings. The number of carbonyl (C=O) groups is 1. The number of para-hydroxylation sites is 1. The van der Waals surface area contributed by atoms with Gasteiger partial charge in [-0.05, 0) is 23.8 Å². The maximum atomic E-state index is 12.9. The number of nitrogens with zero attached hydrogens (tertiary/aromatic N) is 3. The molecule has 0 radical (unpaired) electrons. The Morgan fingerprint density at radius 3 is 3.04 bits per heavy atom. The number of anilines is 1. The van der Waals surface area contributed by atoms with Gasteiger partial charge in [0.05, 0.1) is 19.4 Å². The van der Waals surface area contributed by atoms with Crippen molar-refractivity contribution in [3.05, 3.63) is 65.7 Å². The third kappa shape index (κ3) is 3.56. The van der Waals surface area contributed by atoms with Crippen molar-refractivity contribution >= 4 is 11.7 Å². The Balaban J connectivity index is 1.56. The fourth-order valence-corrected chi connectivity index (χ4v) is 3.19. The van der Waals surface area contributed by atoms with Crippen LogP contribution in [0.1, 0.15) is 29.1 Å². The lowest BCUT2D eigenvalue weighted by atomic mass is 10.1. The Labute approximate surface area is 156 Å². The number of fused-ring (bicyclic) bond motifs is 1. The summed E-state index contributed by atoms with van der Waals surface area (Å²) in [5, 5.41) is 6.89. The van der Waals surface area contributed by atoms with E-state index in [1.807, 2.05) is 30.3 Å². The topological polar surface area (TPSA) is 93.6 Å². The zero-order chi connectivity index (χ0) is 18.6. The van der Waals surface area contributed by atoms with E-state index >= 15 is 0 Å². The fourth-order valence-electron chi connectivity index (χ4n) is 3.19. The van der Waals surface area contributed by atoms with E-state index in [9.17, 15) is 4.79 Å². The number of hydrogen-bond donors (Lipinski definition) is 1. The summed E-state index contributed by atoms with van der Waals surface area (Å²) in [6, 6.07) is 10.8. The number of methoxy groups -OCH3 is 1. The molecule has 0 saturated carbocycles. The van der Waals surface area contributed by atoms with E-state index in [0.29, 0.717) is 43.5 Å². The van der Waals surface area contributed by atoms with Crippen molar-refractivity contribution in [2.75, 3.05) is 18.6 Å². The Morgan fingerprint density at radius 1 is 1.33 bits per heavy atom. The summed E-state index contributed by atoms with van der Waals surface area (Å²) in [6.07, 6.45) is 2.76. The molecular weight excluding hydrogens is 348 g/mol. The smallest absolute Gasteiger partial charge is 0.323 e. The second-order valence-electron chi connectivity index (χ2n) is 6.25. The summed E-state index contributed by atoms with van der Waals surface area (Å²) >= 11 is 0. The molecule has 8 heteroatoms. The first-order valence-corrected chi connectivity index (χ1v) is 8.75. The molecule has 0 aliphatic carbocycles. The Hall–Kier alpha value is -3.13. The molecule has 1 unspecified atom stereocenters. The molecule has 2 amide bonds. The summed E-state index contributed by atoms with van der Waals surface area (Å²) in [4.78, 5) is 19.1. The molecule has 140 valence electrons. The number of nitrogens with one attached hydrogen (secondary N) is 1. The van der Waals surface area contributed by atoms with Crippen molar-refractivity contribution in [3.8, 4) is 0 Å². The second-order valence-corrected chi connectivity index (χ2v) is 6.25. The molecule has 8 nitrogen and oxygen atoms in total. The van der Waals surface area contributed by atoms with Gasteiger partial charge in [-0.3, -0.25) is 4.90 Å².